The number of rotatable bonds is 3. The summed E-state index contributed by atoms with van der Waals surface area (Å²) in [4.78, 5) is 3.71. The van der Waals surface area contributed by atoms with E-state index in [0.717, 1.165) is 6.07 Å². The fourth-order valence-electron chi connectivity index (χ4n) is 1.71. The van der Waals surface area contributed by atoms with E-state index in [2.05, 4.69) is 10.1 Å². The van der Waals surface area contributed by atoms with Crippen molar-refractivity contribution >= 4 is 0 Å². The Balaban J connectivity index is 2.27. The van der Waals surface area contributed by atoms with Gasteiger partial charge < -0.3 is 5.73 Å². The van der Waals surface area contributed by atoms with Gasteiger partial charge in [0.05, 0.1) is 18.2 Å². The van der Waals surface area contributed by atoms with Crippen LogP contribution in [0.4, 0.5) is 13.2 Å². The number of halogens is 3. The van der Waals surface area contributed by atoms with Crippen molar-refractivity contribution in [3.05, 3.63) is 48.0 Å². The Bertz CT molecular complexity index is 507. The first-order valence-electron chi connectivity index (χ1n) is 5.22. The summed E-state index contributed by atoms with van der Waals surface area (Å²) in [5, 5.41) is 3.82. The average molecular weight is 256 g/mol. The van der Waals surface area contributed by atoms with Gasteiger partial charge >= 0.3 is 6.18 Å². The Hall–Kier alpha value is -1.89. The lowest BCUT2D eigenvalue weighted by molar-refractivity contribution is -0.138. The first-order valence-corrected chi connectivity index (χ1v) is 5.22. The summed E-state index contributed by atoms with van der Waals surface area (Å²) >= 11 is 0. The van der Waals surface area contributed by atoms with Crippen LogP contribution in [0.5, 0.6) is 0 Å². The molecule has 1 aromatic carbocycles. The topological polar surface area (TPSA) is 56.7 Å². The van der Waals surface area contributed by atoms with Crippen LogP contribution in [0, 0.1) is 0 Å². The minimum atomic E-state index is -4.41. The highest BCUT2D eigenvalue weighted by atomic mass is 19.4. The maximum Gasteiger partial charge on any atom is 0.416 e. The molecule has 0 fully saturated rings. The van der Waals surface area contributed by atoms with E-state index in [9.17, 15) is 13.2 Å². The van der Waals surface area contributed by atoms with Crippen LogP contribution in [0.25, 0.3) is 0 Å². The summed E-state index contributed by atoms with van der Waals surface area (Å²) in [5.41, 5.74) is 5.14. The molecule has 96 valence electrons. The van der Waals surface area contributed by atoms with Gasteiger partial charge in [-0.25, -0.2) is 4.98 Å². The van der Waals surface area contributed by atoms with Crippen molar-refractivity contribution in [2.45, 2.75) is 18.8 Å². The summed E-state index contributed by atoms with van der Waals surface area (Å²) < 4.78 is 39.8. The van der Waals surface area contributed by atoms with Gasteiger partial charge in [0.2, 0.25) is 0 Å². The lowest BCUT2D eigenvalue weighted by atomic mass is 10.0. The van der Waals surface area contributed by atoms with E-state index in [1.54, 1.807) is 0 Å². The van der Waals surface area contributed by atoms with Gasteiger partial charge in [0.15, 0.2) is 0 Å². The largest absolute Gasteiger partial charge is 0.416 e. The summed E-state index contributed by atoms with van der Waals surface area (Å²) in [6, 6.07) is 4.49. The third-order valence-electron chi connectivity index (χ3n) is 2.52. The molecule has 1 unspecified atom stereocenters. The molecule has 0 aliphatic rings. The smallest absolute Gasteiger partial charge is 0.322 e. The standard InChI is InChI=1S/C11H11F3N4/c12-11(13,14)9-4-2-1-3-8(9)10(15)5-18-7-16-6-17-18/h1-4,6-7,10H,5,15H2. The van der Waals surface area contributed by atoms with Gasteiger partial charge in [-0.15, -0.1) is 0 Å². The number of nitrogens with two attached hydrogens (primary N) is 1. The zero-order chi connectivity index (χ0) is 13.2. The molecule has 18 heavy (non-hydrogen) atoms. The Labute approximate surface area is 101 Å². The van der Waals surface area contributed by atoms with Crippen LogP contribution >= 0.6 is 0 Å². The van der Waals surface area contributed by atoms with Crippen molar-refractivity contribution in [2.75, 3.05) is 0 Å². The molecule has 7 heteroatoms. The lowest BCUT2D eigenvalue weighted by Gasteiger charge is -2.17. The Morgan fingerprint density at radius 2 is 2.00 bits per heavy atom. The van der Waals surface area contributed by atoms with Crippen LogP contribution in [-0.2, 0) is 12.7 Å². The fraction of sp³-hybridized carbons (Fsp3) is 0.273. The first-order chi connectivity index (χ1) is 8.48. The molecule has 4 nitrogen and oxygen atoms in total. The van der Waals surface area contributed by atoms with E-state index in [4.69, 9.17) is 5.73 Å². The quantitative estimate of drug-likeness (QED) is 0.913. The van der Waals surface area contributed by atoms with Gasteiger partial charge in [0, 0.05) is 0 Å². The maximum absolute atomic E-state index is 12.8. The predicted octanol–water partition coefficient (Wildman–Crippen LogP) is 2.00. The van der Waals surface area contributed by atoms with Crippen LogP contribution in [0.1, 0.15) is 17.2 Å². The van der Waals surface area contributed by atoms with E-state index in [-0.39, 0.29) is 12.1 Å². The number of nitrogens with zero attached hydrogens (tertiary/aromatic N) is 3. The highest BCUT2D eigenvalue weighted by Gasteiger charge is 2.34. The van der Waals surface area contributed by atoms with Gasteiger partial charge in [-0.3, -0.25) is 4.68 Å². The molecule has 0 bridgehead atoms. The molecule has 0 radical (unpaired) electrons. The van der Waals surface area contributed by atoms with Crippen molar-refractivity contribution in [3.63, 3.8) is 0 Å². The second kappa shape index (κ2) is 4.77. The fourth-order valence-corrected chi connectivity index (χ4v) is 1.71. The predicted molar refractivity (Wildman–Crippen MR) is 58.4 cm³/mol. The second-order valence-electron chi connectivity index (χ2n) is 3.81. The molecule has 0 saturated heterocycles. The lowest BCUT2D eigenvalue weighted by Crippen LogP contribution is -2.22. The van der Waals surface area contributed by atoms with Crippen LogP contribution < -0.4 is 5.73 Å². The van der Waals surface area contributed by atoms with E-state index in [1.165, 1.54) is 35.5 Å². The molecular formula is C11H11F3N4. The zero-order valence-corrected chi connectivity index (χ0v) is 9.30. The zero-order valence-electron chi connectivity index (χ0n) is 9.30. The van der Waals surface area contributed by atoms with Gasteiger partial charge in [-0.2, -0.15) is 18.3 Å². The third kappa shape index (κ3) is 2.67. The van der Waals surface area contributed by atoms with Gasteiger partial charge in [0.25, 0.3) is 0 Å². The SMILES string of the molecule is NC(Cn1cncn1)c1ccccc1C(F)(F)F. The number of hydrogen-bond acceptors (Lipinski definition) is 3. The molecule has 2 rings (SSSR count). The molecule has 2 aromatic rings. The van der Waals surface area contributed by atoms with Crippen LogP contribution in [0.3, 0.4) is 0 Å². The molecule has 0 amide bonds. The summed E-state index contributed by atoms with van der Waals surface area (Å²) in [6.45, 7) is 0.146. The molecule has 0 aliphatic heterocycles. The number of alkyl halides is 3. The molecule has 0 aliphatic carbocycles. The van der Waals surface area contributed by atoms with E-state index >= 15 is 0 Å². The highest BCUT2D eigenvalue weighted by Crippen LogP contribution is 2.34. The molecule has 2 N–H and O–H groups in total. The molecule has 1 atom stereocenters. The molecule has 0 spiro atoms. The van der Waals surface area contributed by atoms with Crippen LogP contribution in [0.2, 0.25) is 0 Å². The maximum atomic E-state index is 12.8. The number of hydrogen-bond donors (Lipinski definition) is 1. The minimum absolute atomic E-state index is 0.0560. The van der Waals surface area contributed by atoms with Crippen LogP contribution in [0.15, 0.2) is 36.9 Å². The highest BCUT2D eigenvalue weighted by molar-refractivity contribution is 5.32. The van der Waals surface area contributed by atoms with Crippen molar-refractivity contribution in [1.82, 2.24) is 14.8 Å². The van der Waals surface area contributed by atoms with Crippen molar-refractivity contribution < 1.29 is 13.2 Å². The van der Waals surface area contributed by atoms with E-state index < -0.39 is 17.8 Å². The number of benzene rings is 1. The van der Waals surface area contributed by atoms with E-state index in [0.29, 0.717) is 0 Å². The van der Waals surface area contributed by atoms with Crippen LogP contribution in [-0.4, -0.2) is 14.8 Å². The van der Waals surface area contributed by atoms with E-state index in [1.807, 2.05) is 0 Å². The normalized spacial score (nSPS) is 13.6. The third-order valence-corrected chi connectivity index (χ3v) is 2.52. The second-order valence-corrected chi connectivity index (χ2v) is 3.81. The first kappa shape index (κ1) is 12.6. The Morgan fingerprint density at radius 1 is 1.28 bits per heavy atom. The Kier molecular flexibility index (Phi) is 3.33. The van der Waals surface area contributed by atoms with Gasteiger partial charge in [-0.05, 0) is 11.6 Å². The Morgan fingerprint density at radius 3 is 2.61 bits per heavy atom. The summed E-state index contributed by atoms with van der Waals surface area (Å²) in [6.07, 6.45) is -1.69. The van der Waals surface area contributed by atoms with Crippen molar-refractivity contribution in [2.24, 2.45) is 5.73 Å². The van der Waals surface area contributed by atoms with Crippen molar-refractivity contribution in [1.29, 1.82) is 0 Å². The molecular weight excluding hydrogens is 245 g/mol. The monoisotopic (exact) mass is 256 g/mol. The van der Waals surface area contributed by atoms with Crippen molar-refractivity contribution in [3.8, 4) is 0 Å². The average Bonchev–Trinajstić information content (AvgIpc) is 2.80. The number of aromatic nitrogens is 3. The molecule has 1 heterocycles. The summed E-state index contributed by atoms with van der Waals surface area (Å²) in [7, 11) is 0. The molecule has 0 saturated carbocycles. The van der Waals surface area contributed by atoms with Gasteiger partial charge in [-0.1, -0.05) is 18.2 Å². The van der Waals surface area contributed by atoms with Gasteiger partial charge in [0.1, 0.15) is 12.7 Å². The minimum Gasteiger partial charge on any atom is -0.322 e. The molecule has 1 aromatic heterocycles. The summed E-state index contributed by atoms with van der Waals surface area (Å²) in [5.74, 6) is 0.